The Balaban J connectivity index is 1.57. The third-order valence-electron chi connectivity index (χ3n) is 5.81. The van der Waals surface area contributed by atoms with Gasteiger partial charge in [-0.15, -0.1) is 0 Å². The van der Waals surface area contributed by atoms with Crippen molar-refractivity contribution in [1.82, 2.24) is 15.2 Å². The zero-order valence-corrected chi connectivity index (χ0v) is 15.4. The molecule has 26 heavy (non-hydrogen) atoms. The summed E-state index contributed by atoms with van der Waals surface area (Å²) in [5.41, 5.74) is 6.58. The van der Waals surface area contributed by atoms with Gasteiger partial charge in [0.25, 0.3) is 5.91 Å². The molecule has 2 aliphatic rings. The van der Waals surface area contributed by atoms with Gasteiger partial charge in [-0.05, 0) is 43.7 Å². The normalized spacial score (nSPS) is 22.7. The number of nitrogens with two attached hydrogens (primary N) is 1. The van der Waals surface area contributed by atoms with E-state index in [0.29, 0.717) is 31.1 Å². The molecule has 6 nitrogen and oxygen atoms in total. The van der Waals surface area contributed by atoms with Gasteiger partial charge < -0.3 is 16.0 Å². The fourth-order valence-corrected chi connectivity index (χ4v) is 4.26. The number of nitrogens with one attached hydrogen (secondary N) is 1. The van der Waals surface area contributed by atoms with Crippen LogP contribution in [0.5, 0.6) is 0 Å². The van der Waals surface area contributed by atoms with Gasteiger partial charge >= 0.3 is 0 Å². The Morgan fingerprint density at radius 1 is 1.15 bits per heavy atom. The first kappa shape index (κ1) is 18.8. The molecule has 1 aliphatic heterocycles. The van der Waals surface area contributed by atoms with Gasteiger partial charge in [0, 0.05) is 43.6 Å². The third-order valence-corrected chi connectivity index (χ3v) is 5.81. The number of hydrogen-bond donors (Lipinski definition) is 2. The summed E-state index contributed by atoms with van der Waals surface area (Å²) in [7, 11) is 0. The molecule has 1 saturated carbocycles. The monoisotopic (exact) mass is 358 g/mol. The van der Waals surface area contributed by atoms with Gasteiger partial charge in [0.1, 0.15) is 0 Å². The highest BCUT2D eigenvalue weighted by Crippen LogP contribution is 2.27. The van der Waals surface area contributed by atoms with Gasteiger partial charge in [0.05, 0.1) is 5.92 Å². The van der Waals surface area contributed by atoms with E-state index in [2.05, 4.69) is 10.3 Å². The van der Waals surface area contributed by atoms with E-state index in [4.69, 9.17) is 5.73 Å². The molecule has 2 atom stereocenters. The molecule has 0 bridgehead atoms. The Bertz CT molecular complexity index is 601. The summed E-state index contributed by atoms with van der Waals surface area (Å²) < 4.78 is 0. The number of piperidine rings is 1. The summed E-state index contributed by atoms with van der Waals surface area (Å²) in [6.07, 6.45) is 11.0. The van der Waals surface area contributed by atoms with Gasteiger partial charge in [-0.3, -0.25) is 14.6 Å². The van der Waals surface area contributed by atoms with E-state index in [1.54, 1.807) is 29.4 Å². The van der Waals surface area contributed by atoms with Crippen LogP contribution in [0.3, 0.4) is 0 Å². The Morgan fingerprint density at radius 3 is 2.58 bits per heavy atom. The van der Waals surface area contributed by atoms with Crippen LogP contribution in [-0.4, -0.2) is 47.4 Å². The zero-order chi connectivity index (χ0) is 18.4. The van der Waals surface area contributed by atoms with Crippen molar-refractivity contribution < 1.29 is 9.59 Å². The van der Waals surface area contributed by atoms with E-state index in [1.807, 2.05) is 0 Å². The molecule has 1 saturated heterocycles. The quantitative estimate of drug-likeness (QED) is 0.842. The Hall–Kier alpha value is -1.95. The molecule has 3 N–H and O–H groups in total. The predicted molar refractivity (Wildman–Crippen MR) is 100 cm³/mol. The van der Waals surface area contributed by atoms with E-state index in [-0.39, 0.29) is 23.8 Å². The number of hydrogen-bond acceptors (Lipinski definition) is 4. The second-order valence-corrected chi connectivity index (χ2v) is 7.58. The molecule has 0 radical (unpaired) electrons. The van der Waals surface area contributed by atoms with Crippen LogP contribution in [-0.2, 0) is 4.79 Å². The first-order chi connectivity index (χ1) is 12.7. The van der Waals surface area contributed by atoms with Crippen LogP contribution in [0.25, 0.3) is 0 Å². The summed E-state index contributed by atoms with van der Waals surface area (Å²) in [4.78, 5) is 31.2. The van der Waals surface area contributed by atoms with Crippen LogP contribution >= 0.6 is 0 Å². The van der Waals surface area contributed by atoms with E-state index < -0.39 is 0 Å². The number of aromatic nitrogens is 1. The van der Waals surface area contributed by atoms with E-state index in [9.17, 15) is 9.59 Å². The van der Waals surface area contributed by atoms with Gasteiger partial charge in [-0.2, -0.15) is 0 Å². The number of rotatable bonds is 5. The van der Waals surface area contributed by atoms with Crippen LogP contribution in [0.15, 0.2) is 24.5 Å². The number of pyridine rings is 1. The van der Waals surface area contributed by atoms with Crippen molar-refractivity contribution in [3.05, 3.63) is 30.1 Å². The Morgan fingerprint density at radius 2 is 1.88 bits per heavy atom. The smallest absolute Gasteiger partial charge is 0.253 e. The molecule has 2 amide bonds. The molecule has 0 aromatic carbocycles. The SMILES string of the molecule is NCC(NC(=O)C1CCCN(C(=O)c2ccncc2)C1)C1CCCCC1. The number of carbonyl (C=O) groups is 2. The topological polar surface area (TPSA) is 88.3 Å². The summed E-state index contributed by atoms with van der Waals surface area (Å²) in [5, 5.41) is 3.19. The van der Waals surface area contributed by atoms with Crippen molar-refractivity contribution in [2.24, 2.45) is 17.6 Å². The van der Waals surface area contributed by atoms with Crippen LogP contribution in [0.4, 0.5) is 0 Å². The molecular formula is C20H30N4O2. The second kappa shape index (κ2) is 9.12. The van der Waals surface area contributed by atoms with Gasteiger partial charge in [-0.25, -0.2) is 0 Å². The van der Waals surface area contributed by atoms with Crippen LogP contribution in [0.1, 0.15) is 55.3 Å². The van der Waals surface area contributed by atoms with Gasteiger partial charge in [0.15, 0.2) is 0 Å². The summed E-state index contributed by atoms with van der Waals surface area (Å²) in [5.74, 6) is 0.383. The third kappa shape index (κ3) is 4.61. The van der Waals surface area contributed by atoms with E-state index >= 15 is 0 Å². The minimum Gasteiger partial charge on any atom is -0.352 e. The molecule has 0 spiro atoms. The second-order valence-electron chi connectivity index (χ2n) is 7.58. The highest BCUT2D eigenvalue weighted by molar-refractivity contribution is 5.94. The predicted octanol–water partition coefficient (Wildman–Crippen LogP) is 1.96. The average Bonchev–Trinajstić information content (AvgIpc) is 2.72. The molecule has 1 aliphatic carbocycles. The van der Waals surface area contributed by atoms with E-state index in [1.165, 1.54) is 19.3 Å². The largest absolute Gasteiger partial charge is 0.352 e. The van der Waals surface area contributed by atoms with Crippen molar-refractivity contribution in [2.75, 3.05) is 19.6 Å². The van der Waals surface area contributed by atoms with Crippen LogP contribution in [0.2, 0.25) is 0 Å². The Kier molecular flexibility index (Phi) is 6.61. The molecule has 2 fully saturated rings. The molecular weight excluding hydrogens is 328 g/mol. The fourth-order valence-electron chi connectivity index (χ4n) is 4.26. The van der Waals surface area contributed by atoms with Crippen molar-refractivity contribution in [2.45, 2.75) is 51.0 Å². The lowest BCUT2D eigenvalue weighted by Gasteiger charge is -2.35. The molecule has 1 aromatic rings. The summed E-state index contributed by atoms with van der Waals surface area (Å²) in [6.45, 7) is 1.67. The number of carbonyl (C=O) groups excluding carboxylic acids is 2. The lowest BCUT2D eigenvalue weighted by molar-refractivity contribution is -0.127. The molecule has 2 heterocycles. The zero-order valence-electron chi connectivity index (χ0n) is 15.4. The lowest BCUT2D eigenvalue weighted by atomic mass is 9.83. The maximum Gasteiger partial charge on any atom is 0.253 e. The highest BCUT2D eigenvalue weighted by Gasteiger charge is 2.31. The van der Waals surface area contributed by atoms with Crippen molar-refractivity contribution >= 4 is 11.8 Å². The average molecular weight is 358 g/mol. The summed E-state index contributed by atoms with van der Waals surface area (Å²) in [6, 6.07) is 3.51. The van der Waals surface area contributed by atoms with Gasteiger partial charge in [0.2, 0.25) is 5.91 Å². The Labute approximate surface area is 155 Å². The van der Waals surface area contributed by atoms with Crippen molar-refractivity contribution in [1.29, 1.82) is 0 Å². The maximum absolute atomic E-state index is 12.8. The van der Waals surface area contributed by atoms with Crippen molar-refractivity contribution in [3.8, 4) is 0 Å². The molecule has 3 rings (SSSR count). The van der Waals surface area contributed by atoms with E-state index in [0.717, 1.165) is 25.7 Å². The molecule has 2 unspecified atom stereocenters. The lowest BCUT2D eigenvalue weighted by Crippen LogP contribution is -2.51. The molecule has 1 aromatic heterocycles. The number of likely N-dealkylation sites (tertiary alicyclic amines) is 1. The minimum atomic E-state index is -0.146. The first-order valence-corrected chi connectivity index (χ1v) is 9.88. The van der Waals surface area contributed by atoms with Crippen molar-refractivity contribution in [3.63, 3.8) is 0 Å². The minimum absolute atomic E-state index is 0.0208. The van der Waals surface area contributed by atoms with Crippen LogP contribution < -0.4 is 11.1 Å². The van der Waals surface area contributed by atoms with Crippen LogP contribution in [0, 0.1) is 11.8 Å². The number of amides is 2. The fraction of sp³-hybridized carbons (Fsp3) is 0.650. The highest BCUT2D eigenvalue weighted by atomic mass is 16.2. The molecule has 6 heteroatoms. The first-order valence-electron chi connectivity index (χ1n) is 9.88. The van der Waals surface area contributed by atoms with Gasteiger partial charge in [-0.1, -0.05) is 19.3 Å². The summed E-state index contributed by atoms with van der Waals surface area (Å²) >= 11 is 0. The standard InChI is InChI=1S/C20H30N4O2/c21-13-18(15-5-2-1-3-6-15)23-19(25)17-7-4-12-24(14-17)20(26)16-8-10-22-11-9-16/h8-11,15,17-18H,1-7,12-14,21H2,(H,23,25). The maximum atomic E-state index is 12.8. The molecule has 142 valence electrons. The number of nitrogens with zero attached hydrogens (tertiary/aromatic N) is 2.